The second-order valence-corrected chi connectivity index (χ2v) is 7.52. The van der Waals surface area contributed by atoms with Crippen molar-refractivity contribution in [3.05, 3.63) is 29.6 Å². The van der Waals surface area contributed by atoms with Crippen molar-refractivity contribution in [2.24, 2.45) is 5.73 Å². The summed E-state index contributed by atoms with van der Waals surface area (Å²) in [7, 11) is 0. The summed E-state index contributed by atoms with van der Waals surface area (Å²) in [6, 6.07) is 3.97. The first-order valence-electron chi connectivity index (χ1n) is 9.27. The van der Waals surface area contributed by atoms with E-state index in [1.165, 1.54) is 6.07 Å². The van der Waals surface area contributed by atoms with Crippen LogP contribution in [0.15, 0.2) is 18.2 Å². The summed E-state index contributed by atoms with van der Waals surface area (Å²) in [5.41, 5.74) is 6.93. The number of hydrogen-bond donors (Lipinski definition) is 1. The first-order valence-corrected chi connectivity index (χ1v) is 9.27. The van der Waals surface area contributed by atoms with Gasteiger partial charge in [-0.15, -0.1) is 0 Å². The maximum Gasteiger partial charge on any atom is 0.449 e. The Balaban J connectivity index is 2.03. The van der Waals surface area contributed by atoms with E-state index in [4.69, 9.17) is 5.73 Å². The minimum atomic E-state index is -4.56. The fraction of sp³-hybridized carbons (Fsp3) is 0.579. The molecular weight excluding hydrogens is 357 g/mol. The van der Waals surface area contributed by atoms with E-state index in [-0.39, 0.29) is 23.5 Å². The molecular formula is C19H25F3N4O. The number of aromatic nitrogens is 2. The molecule has 1 aliphatic rings. The van der Waals surface area contributed by atoms with E-state index in [9.17, 15) is 18.0 Å². The lowest BCUT2D eigenvalue weighted by Gasteiger charge is -2.38. The molecule has 2 N–H and O–H groups in total. The Hall–Kier alpha value is -2.09. The third kappa shape index (κ3) is 3.67. The third-order valence-corrected chi connectivity index (χ3v) is 5.12. The van der Waals surface area contributed by atoms with E-state index in [1.54, 1.807) is 30.9 Å². The fourth-order valence-electron chi connectivity index (χ4n) is 3.88. The Kier molecular flexibility index (Phi) is 5.20. The molecule has 0 spiro atoms. The molecule has 2 unspecified atom stereocenters. The number of amides is 1. The molecule has 27 heavy (non-hydrogen) atoms. The highest BCUT2D eigenvalue weighted by atomic mass is 19.4. The molecule has 1 aliphatic heterocycles. The van der Waals surface area contributed by atoms with Gasteiger partial charge in [-0.2, -0.15) is 13.2 Å². The van der Waals surface area contributed by atoms with Crippen molar-refractivity contribution in [3.63, 3.8) is 0 Å². The van der Waals surface area contributed by atoms with Gasteiger partial charge in [0.2, 0.25) is 5.82 Å². The van der Waals surface area contributed by atoms with Crippen LogP contribution in [-0.4, -0.2) is 39.0 Å². The largest absolute Gasteiger partial charge is 0.449 e. The van der Waals surface area contributed by atoms with Gasteiger partial charge in [0.15, 0.2) is 0 Å². The molecule has 148 valence electrons. The maximum atomic E-state index is 13.4. The summed E-state index contributed by atoms with van der Waals surface area (Å²) in [6.45, 7) is 5.84. The minimum Gasteiger partial charge on any atom is -0.334 e. The topological polar surface area (TPSA) is 64.2 Å². The zero-order valence-corrected chi connectivity index (χ0v) is 15.8. The molecule has 1 saturated heterocycles. The highest BCUT2D eigenvalue weighted by Crippen LogP contribution is 2.34. The highest BCUT2D eigenvalue weighted by molar-refractivity contribution is 5.97. The number of rotatable bonds is 3. The standard InChI is InChI=1S/C19H25F3N4O/c1-11(2)26-16-8-7-13(10-14(16)24-18(26)19(20,21)22)17(27)25-9-5-4-6-15(25)12(3)23/h7-8,10-12,15H,4-6,9,23H2,1-3H3. The second kappa shape index (κ2) is 7.14. The van der Waals surface area contributed by atoms with Crippen molar-refractivity contribution in [2.45, 2.75) is 64.3 Å². The van der Waals surface area contributed by atoms with E-state index in [2.05, 4.69) is 4.98 Å². The molecule has 0 aliphatic carbocycles. The number of piperidine rings is 1. The van der Waals surface area contributed by atoms with E-state index < -0.39 is 18.0 Å². The van der Waals surface area contributed by atoms with E-state index in [0.717, 1.165) is 23.8 Å². The van der Waals surface area contributed by atoms with Gasteiger partial charge >= 0.3 is 6.18 Å². The molecule has 0 bridgehead atoms. The molecule has 2 heterocycles. The van der Waals surface area contributed by atoms with Crippen LogP contribution in [0.4, 0.5) is 13.2 Å². The Morgan fingerprint density at radius 2 is 1.96 bits per heavy atom. The predicted octanol–water partition coefficient (Wildman–Crippen LogP) is 3.98. The summed E-state index contributed by atoms with van der Waals surface area (Å²) >= 11 is 0. The van der Waals surface area contributed by atoms with E-state index >= 15 is 0 Å². The second-order valence-electron chi connectivity index (χ2n) is 7.52. The monoisotopic (exact) mass is 382 g/mol. The quantitative estimate of drug-likeness (QED) is 0.873. The van der Waals surface area contributed by atoms with Gasteiger partial charge in [-0.25, -0.2) is 4.98 Å². The average Bonchev–Trinajstić information content (AvgIpc) is 3.00. The van der Waals surface area contributed by atoms with Gasteiger partial charge in [0.05, 0.1) is 11.0 Å². The van der Waals surface area contributed by atoms with Crippen molar-refractivity contribution < 1.29 is 18.0 Å². The van der Waals surface area contributed by atoms with Gasteiger partial charge in [0.1, 0.15) is 0 Å². The lowest BCUT2D eigenvalue weighted by atomic mass is 9.96. The Morgan fingerprint density at radius 3 is 2.56 bits per heavy atom. The predicted molar refractivity (Wildman–Crippen MR) is 97.4 cm³/mol. The molecule has 2 atom stereocenters. The molecule has 3 rings (SSSR count). The lowest BCUT2D eigenvalue weighted by Crippen LogP contribution is -2.51. The number of carbonyl (C=O) groups excluding carboxylic acids is 1. The number of nitrogens with two attached hydrogens (primary N) is 1. The number of fused-ring (bicyclic) bond motifs is 1. The van der Waals surface area contributed by atoms with Crippen LogP contribution >= 0.6 is 0 Å². The molecule has 1 aromatic carbocycles. The number of halogens is 3. The summed E-state index contributed by atoms with van der Waals surface area (Å²) in [5.74, 6) is -1.14. The zero-order valence-electron chi connectivity index (χ0n) is 15.8. The smallest absolute Gasteiger partial charge is 0.334 e. The van der Waals surface area contributed by atoms with Gasteiger partial charge in [0.25, 0.3) is 5.91 Å². The number of alkyl halides is 3. The summed E-state index contributed by atoms with van der Waals surface area (Å²) in [4.78, 5) is 18.5. The number of carbonyl (C=O) groups is 1. The van der Waals surface area contributed by atoms with Crippen LogP contribution < -0.4 is 5.73 Å². The maximum absolute atomic E-state index is 13.4. The molecule has 5 nitrogen and oxygen atoms in total. The highest BCUT2D eigenvalue weighted by Gasteiger charge is 2.38. The van der Waals surface area contributed by atoms with Gasteiger partial charge in [-0.3, -0.25) is 4.79 Å². The molecule has 1 aromatic heterocycles. The van der Waals surface area contributed by atoms with Crippen LogP contribution in [0, 0.1) is 0 Å². The van der Waals surface area contributed by atoms with Crippen molar-refractivity contribution in [2.75, 3.05) is 6.54 Å². The Morgan fingerprint density at radius 1 is 1.26 bits per heavy atom. The average molecular weight is 382 g/mol. The summed E-state index contributed by atoms with van der Waals surface area (Å²) in [5, 5.41) is 0. The van der Waals surface area contributed by atoms with Gasteiger partial charge in [0, 0.05) is 30.2 Å². The van der Waals surface area contributed by atoms with Gasteiger partial charge in [-0.05, 0) is 58.2 Å². The Labute approximate surface area is 156 Å². The number of nitrogens with zero attached hydrogens (tertiary/aromatic N) is 3. The SMILES string of the molecule is CC(N)C1CCCCN1C(=O)c1ccc2c(c1)nc(C(F)(F)F)n2C(C)C. The van der Waals surface area contributed by atoms with Crippen molar-refractivity contribution in [3.8, 4) is 0 Å². The first kappa shape index (κ1) is 19.7. The molecule has 2 aromatic rings. The molecule has 8 heteroatoms. The van der Waals surface area contributed by atoms with Crippen molar-refractivity contribution in [1.82, 2.24) is 14.5 Å². The van der Waals surface area contributed by atoms with Crippen LogP contribution in [0.1, 0.15) is 62.3 Å². The van der Waals surface area contributed by atoms with Gasteiger partial charge in [-0.1, -0.05) is 0 Å². The normalized spacial score (nSPS) is 19.7. The third-order valence-electron chi connectivity index (χ3n) is 5.12. The van der Waals surface area contributed by atoms with Crippen LogP contribution in [0.3, 0.4) is 0 Å². The molecule has 1 amide bonds. The number of likely N-dealkylation sites (tertiary alicyclic amines) is 1. The summed E-state index contributed by atoms with van der Waals surface area (Å²) in [6.07, 6.45) is -1.80. The minimum absolute atomic E-state index is 0.0547. The molecule has 0 radical (unpaired) electrons. The van der Waals surface area contributed by atoms with Crippen LogP contribution in [0.5, 0.6) is 0 Å². The fourth-order valence-corrected chi connectivity index (χ4v) is 3.88. The van der Waals surface area contributed by atoms with Crippen molar-refractivity contribution in [1.29, 1.82) is 0 Å². The van der Waals surface area contributed by atoms with Crippen LogP contribution in [0.25, 0.3) is 11.0 Å². The zero-order chi connectivity index (χ0) is 19.9. The van der Waals surface area contributed by atoms with Gasteiger partial charge < -0.3 is 15.2 Å². The lowest BCUT2D eigenvalue weighted by molar-refractivity contribution is -0.147. The van der Waals surface area contributed by atoms with Crippen LogP contribution in [0.2, 0.25) is 0 Å². The molecule has 1 fully saturated rings. The Bertz CT molecular complexity index is 841. The van der Waals surface area contributed by atoms with Crippen molar-refractivity contribution >= 4 is 16.9 Å². The van der Waals surface area contributed by atoms with E-state index in [1.807, 2.05) is 6.92 Å². The number of benzene rings is 1. The first-order chi connectivity index (χ1) is 12.6. The van der Waals surface area contributed by atoms with Crippen LogP contribution in [-0.2, 0) is 6.18 Å². The summed E-state index contributed by atoms with van der Waals surface area (Å²) < 4.78 is 41.3. The molecule has 0 saturated carbocycles. The van der Waals surface area contributed by atoms with E-state index in [0.29, 0.717) is 17.6 Å². The number of hydrogen-bond acceptors (Lipinski definition) is 3. The number of imidazole rings is 1.